The molecule has 9 nitrogen and oxygen atoms in total. The Morgan fingerprint density at radius 3 is 2.39 bits per heavy atom. The van der Waals surface area contributed by atoms with Gasteiger partial charge >= 0.3 is 0 Å². The van der Waals surface area contributed by atoms with Crippen molar-refractivity contribution in [2.75, 3.05) is 10.2 Å². The number of rotatable bonds is 4. The van der Waals surface area contributed by atoms with Crippen LogP contribution in [0.25, 0.3) is 6.08 Å². The highest BCUT2D eigenvalue weighted by atomic mass is 35.5. The number of amides is 3. The molecule has 0 bridgehead atoms. The van der Waals surface area contributed by atoms with Crippen LogP contribution in [0.3, 0.4) is 0 Å². The van der Waals surface area contributed by atoms with E-state index in [2.05, 4.69) is 5.32 Å². The zero-order valence-electron chi connectivity index (χ0n) is 19.5. The number of imide groups is 1. The lowest BCUT2D eigenvalue weighted by atomic mass is 9.84. The topological polar surface area (TPSA) is 113 Å². The number of benzene rings is 3. The maximum atomic E-state index is 13.8. The van der Waals surface area contributed by atoms with Gasteiger partial charge in [0.25, 0.3) is 5.69 Å². The van der Waals surface area contributed by atoms with Crippen molar-refractivity contribution in [3.63, 3.8) is 0 Å². The lowest BCUT2D eigenvalue weighted by Crippen LogP contribution is -2.46. The van der Waals surface area contributed by atoms with Crippen LogP contribution in [0.1, 0.15) is 17.2 Å². The lowest BCUT2D eigenvalue weighted by molar-refractivity contribution is -0.384. The van der Waals surface area contributed by atoms with Crippen molar-refractivity contribution in [3.05, 3.63) is 104 Å². The number of nitrogens with one attached hydrogen (secondary N) is 1. The first-order valence-corrected chi connectivity index (χ1v) is 12.4. The van der Waals surface area contributed by atoms with E-state index in [0.29, 0.717) is 10.7 Å². The monoisotopic (exact) mass is 548 g/mol. The summed E-state index contributed by atoms with van der Waals surface area (Å²) in [7, 11) is 0. The largest absolute Gasteiger partial charge is 0.357 e. The third-order valence-corrected chi connectivity index (χ3v) is 7.82. The van der Waals surface area contributed by atoms with Gasteiger partial charge in [-0.15, -0.1) is 0 Å². The normalized spacial score (nSPS) is 23.2. The Bertz CT molecular complexity index is 1560. The van der Waals surface area contributed by atoms with Crippen molar-refractivity contribution in [3.8, 4) is 0 Å². The molecule has 3 aliphatic heterocycles. The van der Waals surface area contributed by atoms with Crippen molar-refractivity contribution in [2.45, 2.75) is 12.1 Å². The van der Waals surface area contributed by atoms with E-state index in [1.54, 1.807) is 35.4 Å². The van der Waals surface area contributed by atoms with Crippen LogP contribution in [-0.4, -0.2) is 33.6 Å². The number of carbonyl (C=O) groups is 3. The Morgan fingerprint density at radius 2 is 1.66 bits per heavy atom. The number of non-ortho nitro benzene ring substituents is 1. The molecule has 190 valence electrons. The third-order valence-electron chi connectivity index (χ3n) is 7.23. The molecule has 1 N–H and O–H groups in total. The fourth-order valence-electron chi connectivity index (χ4n) is 5.63. The molecule has 2 fully saturated rings. The Balaban J connectivity index is 1.43. The Kier molecular flexibility index (Phi) is 5.70. The first-order valence-electron chi connectivity index (χ1n) is 11.7. The smallest absolute Gasteiger partial charge is 0.271 e. The van der Waals surface area contributed by atoms with Gasteiger partial charge in [-0.2, -0.15) is 0 Å². The SMILES string of the molecule is O=C(Nc1cc([N+](=O)[O-])ccc1Cl)[C@@H]1[C@@H]2C(=O)N(c3ccc(Cl)cc3)C(=O)[C@H]2[C@H]2c3ccccc3C=CN12. The second-order valence-corrected chi connectivity index (χ2v) is 10.1. The minimum Gasteiger partial charge on any atom is -0.357 e. The minimum atomic E-state index is -1.07. The van der Waals surface area contributed by atoms with Crippen molar-refractivity contribution < 1.29 is 19.3 Å². The number of hydrogen-bond donors (Lipinski definition) is 1. The molecule has 38 heavy (non-hydrogen) atoms. The predicted octanol–water partition coefficient (Wildman–Crippen LogP) is 5.06. The molecule has 11 heteroatoms. The van der Waals surface area contributed by atoms with Crippen LogP contribution in [-0.2, 0) is 14.4 Å². The van der Waals surface area contributed by atoms with Gasteiger partial charge < -0.3 is 10.2 Å². The Morgan fingerprint density at radius 1 is 0.947 bits per heavy atom. The molecule has 3 aliphatic rings. The number of fused-ring (bicyclic) bond motifs is 5. The lowest BCUT2D eigenvalue weighted by Gasteiger charge is -2.35. The second-order valence-electron chi connectivity index (χ2n) is 9.23. The van der Waals surface area contributed by atoms with E-state index in [-0.39, 0.29) is 16.4 Å². The average Bonchev–Trinajstić information content (AvgIpc) is 3.38. The summed E-state index contributed by atoms with van der Waals surface area (Å²) in [4.78, 5) is 55.0. The van der Waals surface area contributed by atoms with Gasteiger partial charge in [-0.3, -0.25) is 24.5 Å². The quantitative estimate of drug-likeness (QED) is 0.277. The van der Waals surface area contributed by atoms with E-state index in [4.69, 9.17) is 23.2 Å². The van der Waals surface area contributed by atoms with Gasteiger partial charge in [0.2, 0.25) is 17.7 Å². The number of nitro groups is 1. The summed E-state index contributed by atoms with van der Waals surface area (Å²) in [6.45, 7) is 0. The fraction of sp³-hybridized carbons (Fsp3) is 0.148. The first kappa shape index (κ1) is 24.1. The minimum absolute atomic E-state index is 0.0404. The van der Waals surface area contributed by atoms with Crippen molar-refractivity contribution in [1.29, 1.82) is 0 Å². The maximum Gasteiger partial charge on any atom is 0.271 e. The molecule has 0 saturated carbocycles. The predicted molar refractivity (Wildman–Crippen MR) is 142 cm³/mol. The average molecular weight is 549 g/mol. The van der Waals surface area contributed by atoms with E-state index >= 15 is 0 Å². The molecule has 3 aromatic carbocycles. The number of hydrogen-bond acceptors (Lipinski definition) is 6. The Hall–Kier alpha value is -4.21. The number of halogens is 2. The van der Waals surface area contributed by atoms with Crippen LogP contribution in [0.15, 0.2) is 72.9 Å². The number of carbonyl (C=O) groups excluding carboxylic acids is 3. The van der Waals surface area contributed by atoms with Gasteiger partial charge in [-0.1, -0.05) is 47.5 Å². The molecular formula is C27H18Cl2N4O5. The number of nitro benzene ring substituents is 1. The first-order chi connectivity index (χ1) is 18.3. The van der Waals surface area contributed by atoms with Crippen molar-refractivity contribution >= 4 is 64.1 Å². The zero-order chi connectivity index (χ0) is 26.7. The third kappa shape index (κ3) is 3.66. The molecule has 0 radical (unpaired) electrons. The highest BCUT2D eigenvalue weighted by Crippen LogP contribution is 2.53. The van der Waals surface area contributed by atoms with Crippen LogP contribution >= 0.6 is 23.2 Å². The fourth-order valence-corrected chi connectivity index (χ4v) is 5.92. The van der Waals surface area contributed by atoms with E-state index in [0.717, 1.165) is 22.1 Å². The van der Waals surface area contributed by atoms with Gasteiger partial charge in [0, 0.05) is 23.4 Å². The summed E-state index contributed by atoms with van der Waals surface area (Å²) in [5.41, 5.74) is 1.87. The summed E-state index contributed by atoms with van der Waals surface area (Å²) < 4.78 is 0. The second kappa shape index (κ2) is 8.97. The van der Waals surface area contributed by atoms with E-state index < -0.39 is 46.6 Å². The summed E-state index contributed by atoms with van der Waals surface area (Å²) in [6, 6.07) is 15.9. The summed E-state index contributed by atoms with van der Waals surface area (Å²) in [5, 5.41) is 14.5. The molecular weight excluding hydrogens is 531 g/mol. The molecule has 0 aromatic heterocycles. The maximum absolute atomic E-state index is 13.8. The van der Waals surface area contributed by atoms with Crippen LogP contribution in [0, 0.1) is 22.0 Å². The zero-order valence-corrected chi connectivity index (χ0v) is 21.0. The summed E-state index contributed by atoms with van der Waals surface area (Å²) in [5.74, 6) is -3.36. The van der Waals surface area contributed by atoms with Gasteiger partial charge in [0.05, 0.1) is 39.2 Å². The van der Waals surface area contributed by atoms with Gasteiger partial charge in [-0.05, 0) is 47.5 Å². The van der Waals surface area contributed by atoms with Crippen LogP contribution in [0.4, 0.5) is 17.1 Å². The van der Waals surface area contributed by atoms with E-state index in [1.165, 1.54) is 12.1 Å². The van der Waals surface area contributed by atoms with Crippen LogP contribution < -0.4 is 10.2 Å². The van der Waals surface area contributed by atoms with Gasteiger partial charge in [0.15, 0.2) is 0 Å². The summed E-state index contributed by atoms with van der Waals surface area (Å²) in [6.07, 6.45) is 3.55. The molecule has 3 aromatic rings. The molecule has 6 rings (SSSR count). The molecule has 4 atom stereocenters. The molecule has 0 aliphatic carbocycles. The number of nitrogens with zero attached hydrogens (tertiary/aromatic N) is 3. The van der Waals surface area contributed by atoms with Crippen LogP contribution in [0.5, 0.6) is 0 Å². The van der Waals surface area contributed by atoms with Gasteiger partial charge in [0.1, 0.15) is 6.04 Å². The number of anilines is 2. The highest BCUT2D eigenvalue weighted by Gasteiger charge is 2.64. The molecule has 0 spiro atoms. The highest BCUT2D eigenvalue weighted by molar-refractivity contribution is 6.34. The molecule has 0 unspecified atom stereocenters. The molecule has 3 amide bonds. The molecule has 2 saturated heterocycles. The van der Waals surface area contributed by atoms with Gasteiger partial charge in [-0.25, -0.2) is 4.90 Å². The standard InChI is InChI=1S/C27H18Cl2N4O5/c28-15-5-7-16(8-6-15)32-26(35)21-22(27(32)36)24(31-12-11-14-3-1-2-4-18(14)23(21)31)25(34)30-20-13-17(33(37)38)9-10-19(20)29/h1-13,21-24H,(H,30,34)/t21-,22-,23-,24+/m1/s1. The van der Waals surface area contributed by atoms with Crippen molar-refractivity contribution in [2.24, 2.45) is 11.8 Å². The summed E-state index contributed by atoms with van der Waals surface area (Å²) >= 11 is 12.2. The van der Waals surface area contributed by atoms with Crippen molar-refractivity contribution in [1.82, 2.24) is 4.90 Å². The Labute approximate surface area is 226 Å². The van der Waals surface area contributed by atoms with E-state index in [1.807, 2.05) is 30.3 Å². The van der Waals surface area contributed by atoms with Crippen LogP contribution in [0.2, 0.25) is 10.0 Å². The molecule has 3 heterocycles. The van der Waals surface area contributed by atoms with E-state index in [9.17, 15) is 24.5 Å².